The Hall–Kier alpha value is -0.930. The van der Waals surface area contributed by atoms with Crippen LogP contribution >= 0.6 is 0 Å². The molecule has 90 valence electrons. The van der Waals surface area contributed by atoms with Crippen molar-refractivity contribution in [3.05, 3.63) is 11.4 Å². The van der Waals surface area contributed by atoms with Crippen molar-refractivity contribution in [3.8, 4) is 0 Å². The molecule has 2 aliphatic rings. The molecule has 1 unspecified atom stereocenters. The van der Waals surface area contributed by atoms with E-state index in [4.69, 9.17) is 0 Å². The molecular weight excluding hydrogens is 210 g/mol. The third kappa shape index (κ3) is 1.74. The molecule has 2 rings (SSSR count). The third-order valence-electron chi connectivity index (χ3n) is 3.91. The first-order valence-corrected chi connectivity index (χ1v) is 5.91. The Kier molecular flexibility index (Phi) is 3.00. The molecule has 0 amide bonds. The summed E-state index contributed by atoms with van der Waals surface area (Å²) in [6, 6.07) is 0. The number of hydrogen-bond donors (Lipinski definition) is 1. The normalized spacial score (nSPS) is 24.6. The van der Waals surface area contributed by atoms with E-state index >= 15 is 0 Å². The van der Waals surface area contributed by atoms with Crippen LogP contribution in [0.4, 0.5) is 8.78 Å². The number of nitrogens with one attached hydrogen (secondary N) is 1. The van der Waals surface area contributed by atoms with Crippen LogP contribution < -0.4 is 5.32 Å². The Morgan fingerprint density at radius 3 is 2.69 bits per heavy atom. The fraction of sp³-hybridized carbons (Fsp3) is 0.750. The van der Waals surface area contributed by atoms with E-state index in [1.165, 1.54) is 6.21 Å². The molecule has 0 radical (unpaired) electrons. The van der Waals surface area contributed by atoms with Gasteiger partial charge >= 0.3 is 0 Å². The fourth-order valence-electron chi connectivity index (χ4n) is 2.56. The maximum Gasteiger partial charge on any atom is 0.282 e. The van der Waals surface area contributed by atoms with Crippen molar-refractivity contribution in [2.45, 2.75) is 39.5 Å². The smallest absolute Gasteiger partial charge is 0.282 e. The number of nitrogens with zero attached hydrogens (tertiary/aromatic N) is 1. The molecule has 1 saturated carbocycles. The lowest BCUT2D eigenvalue weighted by Gasteiger charge is -2.29. The number of aliphatic imine (C=N–C) groups is 1. The van der Waals surface area contributed by atoms with E-state index in [1.54, 1.807) is 0 Å². The summed E-state index contributed by atoms with van der Waals surface area (Å²) in [6.07, 6.45) is 2.09. The van der Waals surface area contributed by atoms with Crippen molar-refractivity contribution in [2.24, 2.45) is 16.3 Å². The van der Waals surface area contributed by atoms with E-state index in [1.807, 2.05) is 0 Å². The van der Waals surface area contributed by atoms with Crippen molar-refractivity contribution in [1.82, 2.24) is 5.32 Å². The van der Waals surface area contributed by atoms with Gasteiger partial charge in [0.05, 0.1) is 6.54 Å². The SMILES string of the molecule is CCC(C)C1(C2=C(C(F)F)N=CCN2)CC1. The topological polar surface area (TPSA) is 24.4 Å². The van der Waals surface area contributed by atoms with Gasteiger partial charge in [-0.1, -0.05) is 20.3 Å². The zero-order valence-corrected chi connectivity index (χ0v) is 9.76. The first-order chi connectivity index (χ1) is 7.62. The molecule has 1 atom stereocenters. The van der Waals surface area contributed by atoms with E-state index in [9.17, 15) is 8.78 Å². The highest BCUT2D eigenvalue weighted by molar-refractivity contribution is 5.64. The zero-order chi connectivity index (χ0) is 11.8. The highest BCUT2D eigenvalue weighted by Gasteiger charge is 2.51. The average molecular weight is 228 g/mol. The Morgan fingerprint density at radius 1 is 1.50 bits per heavy atom. The lowest BCUT2D eigenvalue weighted by molar-refractivity contribution is 0.181. The molecule has 0 aromatic heterocycles. The minimum absolute atomic E-state index is 0.0379. The molecule has 4 heteroatoms. The second kappa shape index (κ2) is 4.15. The Labute approximate surface area is 94.8 Å². The molecule has 1 aliphatic heterocycles. The summed E-state index contributed by atoms with van der Waals surface area (Å²) in [6.45, 7) is 4.83. The van der Waals surface area contributed by atoms with Gasteiger partial charge in [0.2, 0.25) is 0 Å². The van der Waals surface area contributed by atoms with Crippen molar-refractivity contribution < 1.29 is 8.78 Å². The van der Waals surface area contributed by atoms with Crippen molar-refractivity contribution in [1.29, 1.82) is 0 Å². The quantitative estimate of drug-likeness (QED) is 0.786. The van der Waals surface area contributed by atoms with Gasteiger partial charge < -0.3 is 5.32 Å². The predicted octanol–water partition coefficient (Wildman–Crippen LogP) is 2.96. The maximum atomic E-state index is 12.9. The summed E-state index contributed by atoms with van der Waals surface area (Å²) in [5.41, 5.74) is 0.626. The minimum Gasteiger partial charge on any atom is -0.381 e. The average Bonchev–Trinajstić information content (AvgIpc) is 3.09. The zero-order valence-electron chi connectivity index (χ0n) is 9.76. The second-order valence-electron chi connectivity index (χ2n) is 4.72. The van der Waals surface area contributed by atoms with Crippen LogP contribution in [0, 0.1) is 11.3 Å². The lowest BCUT2D eigenvalue weighted by atomic mass is 9.84. The van der Waals surface area contributed by atoms with Crippen molar-refractivity contribution in [2.75, 3.05) is 6.54 Å². The fourth-order valence-corrected chi connectivity index (χ4v) is 2.56. The minimum atomic E-state index is -2.47. The summed E-state index contributed by atoms with van der Waals surface area (Å²) >= 11 is 0. The van der Waals surface area contributed by atoms with E-state index in [0.717, 1.165) is 19.3 Å². The summed E-state index contributed by atoms with van der Waals surface area (Å²) in [5.74, 6) is 0.442. The highest BCUT2D eigenvalue weighted by Crippen LogP contribution is 2.58. The molecule has 1 fully saturated rings. The van der Waals surface area contributed by atoms with Gasteiger partial charge in [-0.15, -0.1) is 0 Å². The van der Waals surface area contributed by atoms with Crippen LogP contribution in [0.1, 0.15) is 33.1 Å². The van der Waals surface area contributed by atoms with Crippen LogP contribution in [-0.4, -0.2) is 19.2 Å². The first kappa shape index (κ1) is 11.6. The number of allylic oxidation sites excluding steroid dienone is 2. The van der Waals surface area contributed by atoms with Gasteiger partial charge in [0.15, 0.2) is 0 Å². The molecule has 0 bridgehead atoms. The van der Waals surface area contributed by atoms with Gasteiger partial charge in [-0.25, -0.2) is 8.78 Å². The van der Waals surface area contributed by atoms with Crippen LogP contribution in [0.25, 0.3) is 0 Å². The van der Waals surface area contributed by atoms with Gasteiger partial charge in [0.1, 0.15) is 5.70 Å². The van der Waals surface area contributed by atoms with Crippen LogP contribution in [0.2, 0.25) is 0 Å². The first-order valence-electron chi connectivity index (χ1n) is 5.91. The molecule has 0 spiro atoms. The van der Waals surface area contributed by atoms with E-state index in [-0.39, 0.29) is 11.1 Å². The highest BCUT2D eigenvalue weighted by atomic mass is 19.3. The Bertz CT molecular complexity index is 330. The van der Waals surface area contributed by atoms with Gasteiger partial charge in [-0.05, 0) is 18.8 Å². The van der Waals surface area contributed by atoms with E-state index in [2.05, 4.69) is 24.2 Å². The molecule has 2 nitrogen and oxygen atoms in total. The number of alkyl halides is 2. The molecule has 0 aromatic rings. The van der Waals surface area contributed by atoms with Gasteiger partial charge in [0, 0.05) is 17.3 Å². The molecule has 1 heterocycles. The summed E-state index contributed by atoms with van der Waals surface area (Å²) < 4.78 is 25.8. The van der Waals surface area contributed by atoms with Crippen LogP contribution in [0.5, 0.6) is 0 Å². The van der Waals surface area contributed by atoms with Crippen LogP contribution in [0.3, 0.4) is 0 Å². The molecular formula is C12H18F2N2. The molecule has 1 N–H and O–H groups in total. The summed E-state index contributed by atoms with van der Waals surface area (Å²) in [4.78, 5) is 3.88. The van der Waals surface area contributed by atoms with Gasteiger partial charge in [-0.2, -0.15) is 0 Å². The number of halogens is 2. The Morgan fingerprint density at radius 2 is 2.19 bits per heavy atom. The Balaban J connectivity index is 2.33. The number of rotatable bonds is 4. The molecule has 0 aromatic carbocycles. The van der Waals surface area contributed by atoms with Gasteiger partial charge in [0.25, 0.3) is 6.43 Å². The maximum absolute atomic E-state index is 12.9. The summed E-state index contributed by atoms with van der Waals surface area (Å²) in [5, 5.41) is 3.12. The van der Waals surface area contributed by atoms with Crippen LogP contribution in [-0.2, 0) is 0 Å². The van der Waals surface area contributed by atoms with Crippen LogP contribution in [0.15, 0.2) is 16.4 Å². The van der Waals surface area contributed by atoms with Crippen molar-refractivity contribution in [3.63, 3.8) is 0 Å². The van der Waals surface area contributed by atoms with Gasteiger partial charge in [-0.3, -0.25) is 4.99 Å². The predicted molar refractivity (Wildman–Crippen MR) is 60.6 cm³/mol. The standard InChI is InChI=1S/C12H18F2N2/c1-3-8(2)12(4-5-12)10-9(11(13)14)15-6-7-16-10/h6,8,11,16H,3-5,7H2,1-2H3. The van der Waals surface area contributed by atoms with E-state index in [0.29, 0.717) is 18.2 Å². The second-order valence-corrected chi connectivity index (χ2v) is 4.72. The monoisotopic (exact) mass is 228 g/mol. The van der Waals surface area contributed by atoms with Crippen molar-refractivity contribution >= 4 is 6.21 Å². The molecule has 1 aliphatic carbocycles. The van der Waals surface area contributed by atoms with E-state index < -0.39 is 6.43 Å². The number of hydrogen-bond acceptors (Lipinski definition) is 2. The lowest BCUT2D eigenvalue weighted by Crippen LogP contribution is -2.32. The third-order valence-corrected chi connectivity index (χ3v) is 3.91. The summed E-state index contributed by atoms with van der Waals surface area (Å²) in [7, 11) is 0. The largest absolute Gasteiger partial charge is 0.381 e. The molecule has 0 saturated heterocycles. The molecule has 16 heavy (non-hydrogen) atoms.